The Hall–Kier alpha value is -6.66. The monoisotopic (exact) mass is 946 g/mol. The smallest absolute Gasteiger partial charge is 0.407 e. The first-order valence-corrected chi connectivity index (χ1v) is 23.9. The van der Waals surface area contributed by atoms with E-state index in [1.54, 1.807) is 40.4 Å². The number of aromatic amines is 2. The van der Waals surface area contributed by atoms with Crippen molar-refractivity contribution in [2.24, 2.45) is 11.8 Å². The zero-order chi connectivity index (χ0) is 47.8. The molecule has 0 saturated carbocycles. The molecule has 0 radical (unpaired) electrons. The lowest BCUT2D eigenvalue weighted by atomic mass is 9.90. The number of ether oxygens (including phenoxy) is 4. The molecule has 6 heterocycles. The first-order valence-electron chi connectivity index (χ1n) is 23.9. The van der Waals surface area contributed by atoms with Crippen LogP contribution in [0.1, 0.15) is 86.2 Å². The SMILES string of the molecule is COC(=O)NC(C(=O)N1CCC[C@H]1c1ncc(-c2ccc3c(c2)C(F)(F)c2cc(-c4ccc(-c5cnc([C@@H]6CCCN6C(=O)[C@H](NC(=O)OC)C6CCOCC6)[nH]5)cc4)ccc2-3)[nH]1)C1CCOCC1. The van der Waals surface area contributed by atoms with E-state index < -0.39 is 30.2 Å². The van der Waals surface area contributed by atoms with Gasteiger partial charge in [-0.15, -0.1) is 0 Å². The Bertz CT molecular complexity index is 2710. The van der Waals surface area contributed by atoms with Crippen molar-refractivity contribution in [3.8, 4) is 44.8 Å². The van der Waals surface area contributed by atoms with Crippen molar-refractivity contribution in [1.29, 1.82) is 0 Å². The molecule has 69 heavy (non-hydrogen) atoms. The van der Waals surface area contributed by atoms with Crippen LogP contribution in [0, 0.1) is 11.8 Å². The van der Waals surface area contributed by atoms with E-state index in [1.165, 1.54) is 20.3 Å². The highest BCUT2D eigenvalue weighted by atomic mass is 19.3. The van der Waals surface area contributed by atoms with E-state index >= 15 is 8.78 Å². The standard InChI is InChI=1S/C51H56F2N8O8/c1-66-49(64)58-43(31-15-21-68-22-16-31)47(62)60-19-3-5-41(60)45-54-27-39(56-45)30-9-7-29(8-10-30)33-11-13-35-36-14-12-34(26-38(36)51(52,53)37(35)25-33)40-28-55-46(57-40)42-6-4-20-61(42)48(63)44(59-50(65)67-2)32-17-23-69-24-18-32/h7-14,25-28,31-32,41-44H,3-6,15-24H2,1-2H3,(H,54,56)(H,55,57)(H,58,64)(H,59,65)/t41-,42-,43+,44?/m0/s1. The molecule has 3 aromatic carbocycles. The number of carbonyl (C=O) groups is 4. The minimum atomic E-state index is -3.28. The molecule has 2 aromatic heterocycles. The summed E-state index contributed by atoms with van der Waals surface area (Å²) in [6, 6.07) is 15.7. The number of alkyl carbamates (subject to hydrolysis) is 2. The van der Waals surface area contributed by atoms with Crippen molar-refractivity contribution in [1.82, 2.24) is 40.4 Å². The van der Waals surface area contributed by atoms with Gasteiger partial charge in [0.25, 0.3) is 5.92 Å². The number of amides is 4. The van der Waals surface area contributed by atoms with Gasteiger partial charge in [-0.25, -0.2) is 19.6 Å². The van der Waals surface area contributed by atoms with Gasteiger partial charge in [-0.2, -0.15) is 8.78 Å². The van der Waals surface area contributed by atoms with Crippen LogP contribution >= 0.6 is 0 Å². The molecule has 1 unspecified atom stereocenters. The molecule has 0 bridgehead atoms. The van der Waals surface area contributed by atoms with Crippen LogP contribution in [0.5, 0.6) is 0 Å². The number of rotatable bonds is 11. The molecule has 4 aliphatic heterocycles. The third kappa shape index (κ3) is 8.95. The minimum absolute atomic E-state index is 0.0719. The van der Waals surface area contributed by atoms with Crippen LogP contribution in [0.15, 0.2) is 73.1 Å². The van der Waals surface area contributed by atoms with Gasteiger partial charge in [-0.05, 0) is 103 Å². The molecule has 10 rings (SSSR count). The van der Waals surface area contributed by atoms with E-state index in [4.69, 9.17) is 23.9 Å². The van der Waals surface area contributed by atoms with E-state index in [-0.39, 0.29) is 46.9 Å². The van der Waals surface area contributed by atoms with Gasteiger partial charge in [0.05, 0.1) is 50.1 Å². The quantitative estimate of drug-likeness (QED) is 0.101. The first-order chi connectivity index (χ1) is 33.5. The van der Waals surface area contributed by atoms with E-state index in [2.05, 4.69) is 25.6 Å². The van der Waals surface area contributed by atoms with Crippen LogP contribution in [0.25, 0.3) is 44.8 Å². The Kier molecular flexibility index (Phi) is 12.9. The number of aromatic nitrogens is 4. The molecule has 4 N–H and O–H groups in total. The molecular formula is C51H56F2N8O8. The highest BCUT2D eigenvalue weighted by Crippen LogP contribution is 2.53. The summed E-state index contributed by atoms with van der Waals surface area (Å²) in [7, 11) is 2.55. The number of imidazole rings is 2. The summed E-state index contributed by atoms with van der Waals surface area (Å²) in [4.78, 5) is 72.4. The Morgan fingerprint density at radius 2 is 1.04 bits per heavy atom. The Labute approximate surface area is 397 Å². The Morgan fingerprint density at radius 1 is 0.623 bits per heavy atom. The maximum atomic E-state index is 16.6. The zero-order valence-corrected chi connectivity index (χ0v) is 38.6. The molecule has 4 atom stereocenters. The topological polar surface area (TPSA) is 193 Å². The van der Waals surface area contributed by atoms with Crippen molar-refractivity contribution in [2.75, 3.05) is 53.7 Å². The van der Waals surface area contributed by atoms with Crippen LogP contribution in [-0.4, -0.2) is 120 Å². The third-order valence-corrected chi connectivity index (χ3v) is 14.7. The maximum Gasteiger partial charge on any atom is 0.407 e. The van der Waals surface area contributed by atoms with Crippen LogP contribution in [0.3, 0.4) is 0 Å². The van der Waals surface area contributed by atoms with Crippen molar-refractivity contribution in [2.45, 2.75) is 81.5 Å². The number of likely N-dealkylation sites (tertiary alicyclic amines) is 2. The Balaban J connectivity index is 0.827. The second-order valence-corrected chi connectivity index (χ2v) is 18.5. The maximum absolute atomic E-state index is 16.6. The molecule has 5 aromatic rings. The lowest BCUT2D eigenvalue weighted by Crippen LogP contribution is -2.53. The van der Waals surface area contributed by atoms with Gasteiger partial charge in [0.15, 0.2) is 0 Å². The Morgan fingerprint density at radius 3 is 1.52 bits per heavy atom. The van der Waals surface area contributed by atoms with E-state index in [0.717, 1.165) is 36.1 Å². The van der Waals surface area contributed by atoms with Gasteiger partial charge >= 0.3 is 12.2 Å². The van der Waals surface area contributed by atoms with Crippen molar-refractivity contribution in [3.63, 3.8) is 0 Å². The van der Waals surface area contributed by atoms with Gasteiger partial charge in [-0.1, -0.05) is 48.5 Å². The summed E-state index contributed by atoms with van der Waals surface area (Å²) in [5, 5.41) is 5.56. The average Bonchev–Trinajstić information content (AvgIpc) is 4.26. The number of nitrogens with zero attached hydrogens (tertiary/aromatic N) is 4. The molecule has 4 amide bonds. The number of fused-ring (bicyclic) bond motifs is 3. The summed E-state index contributed by atoms with van der Waals surface area (Å²) in [5.74, 6) is -2.62. The molecule has 1 aliphatic carbocycles. The molecule has 0 spiro atoms. The number of H-pyrrole nitrogens is 2. The van der Waals surface area contributed by atoms with Crippen LogP contribution in [-0.2, 0) is 34.5 Å². The van der Waals surface area contributed by atoms with Gasteiger partial charge in [0.2, 0.25) is 11.8 Å². The highest BCUT2D eigenvalue weighted by Gasteiger charge is 2.46. The summed E-state index contributed by atoms with van der Waals surface area (Å²) >= 11 is 0. The number of hydrogen-bond donors (Lipinski definition) is 4. The largest absolute Gasteiger partial charge is 0.453 e. The fourth-order valence-electron chi connectivity index (χ4n) is 10.9. The lowest BCUT2D eigenvalue weighted by Gasteiger charge is -2.34. The fraction of sp³-hybridized carbons (Fsp3) is 0.451. The molecule has 16 nitrogen and oxygen atoms in total. The predicted molar refractivity (Wildman–Crippen MR) is 249 cm³/mol. The molecule has 5 aliphatic rings. The summed E-state index contributed by atoms with van der Waals surface area (Å²) in [6.45, 7) is 3.09. The summed E-state index contributed by atoms with van der Waals surface area (Å²) < 4.78 is 53.9. The van der Waals surface area contributed by atoms with Gasteiger partial charge in [0, 0.05) is 56.2 Å². The second kappa shape index (κ2) is 19.4. The predicted octanol–water partition coefficient (Wildman–Crippen LogP) is 7.88. The van der Waals surface area contributed by atoms with Crippen LogP contribution in [0.2, 0.25) is 0 Å². The average molecular weight is 947 g/mol. The van der Waals surface area contributed by atoms with Crippen molar-refractivity contribution < 1.29 is 46.9 Å². The molecule has 4 saturated heterocycles. The lowest BCUT2D eigenvalue weighted by molar-refractivity contribution is -0.137. The highest BCUT2D eigenvalue weighted by molar-refractivity contribution is 5.88. The van der Waals surface area contributed by atoms with E-state index in [9.17, 15) is 19.2 Å². The zero-order valence-electron chi connectivity index (χ0n) is 38.6. The van der Waals surface area contributed by atoms with Crippen LogP contribution < -0.4 is 10.6 Å². The van der Waals surface area contributed by atoms with Gasteiger partial charge in [0.1, 0.15) is 23.7 Å². The number of alkyl halides is 2. The number of halogens is 2. The van der Waals surface area contributed by atoms with Gasteiger partial charge < -0.3 is 49.3 Å². The third-order valence-electron chi connectivity index (χ3n) is 14.7. The molecule has 18 heteroatoms. The number of methoxy groups -OCH3 is 2. The number of carbonyl (C=O) groups excluding carboxylic acids is 4. The summed E-state index contributed by atoms with van der Waals surface area (Å²) in [5.41, 5.74) is 4.87. The summed E-state index contributed by atoms with van der Waals surface area (Å²) in [6.07, 6.45) is 7.52. The fourth-order valence-corrected chi connectivity index (χ4v) is 10.9. The number of benzene rings is 3. The molecule has 4 fully saturated rings. The van der Waals surface area contributed by atoms with Crippen molar-refractivity contribution >= 4 is 24.0 Å². The number of hydrogen-bond acceptors (Lipinski definition) is 10. The molecule has 362 valence electrons. The minimum Gasteiger partial charge on any atom is -0.453 e. The van der Waals surface area contributed by atoms with E-state index in [0.29, 0.717) is 111 Å². The second-order valence-electron chi connectivity index (χ2n) is 18.5. The van der Waals surface area contributed by atoms with E-state index in [1.807, 2.05) is 36.4 Å². The first kappa shape index (κ1) is 46.1. The van der Waals surface area contributed by atoms with Crippen molar-refractivity contribution in [3.05, 3.63) is 95.8 Å². The van der Waals surface area contributed by atoms with Gasteiger partial charge in [-0.3, -0.25) is 9.59 Å². The van der Waals surface area contributed by atoms with Crippen LogP contribution in [0.4, 0.5) is 18.4 Å². The molecular weight excluding hydrogens is 891 g/mol. The number of nitrogens with one attached hydrogen (secondary N) is 4. The normalized spacial score (nSPS) is 21.0.